The van der Waals surface area contributed by atoms with Crippen LogP contribution in [-0.4, -0.2) is 25.7 Å². The average molecular weight is 454 g/mol. The van der Waals surface area contributed by atoms with E-state index in [0.29, 0.717) is 0 Å². The van der Waals surface area contributed by atoms with E-state index in [0.717, 1.165) is 51.5 Å². The Hall–Kier alpha value is -3.71. The molecule has 2 aromatic carbocycles. The van der Waals surface area contributed by atoms with Gasteiger partial charge in [0.2, 0.25) is 5.91 Å². The highest BCUT2D eigenvalue weighted by Crippen LogP contribution is 2.43. The Labute approximate surface area is 195 Å². The molecule has 1 aliphatic rings. The van der Waals surface area contributed by atoms with Gasteiger partial charge in [0.1, 0.15) is 10.8 Å². The number of hydrogen-bond donors (Lipinski definition) is 2. The van der Waals surface area contributed by atoms with Crippen LogP contribution in [0.1, 0.15) is 28.8 Å². The number of nitrogens with one attached hydrogen (secondary N) is 2. The van der Waals surface area contributed by atoms with Crippen molar-refractivity contribution in [1.29, 1.82) is 0 Å². The van der Waals surface area contributed by atoms with Gasteiger partial charge in [-0.05, 0) is 61.1 Å². The number of anilines is 1. The normalized spacial score (nSPS) is 13.2. The van der Waals surface area contributed by atoms with Crippen molar-refractivity contribution in [3.05, 3.63) is 83.0 Å². The monoisotopic (exact) mass is 453 g/mol. The number of benzene rings is 2. The van der Waals surface area contributed by atoms with Crippen molar-refractivity contribution in [2.24, 2.45) is 0 Å². The number of imidazole rings is 1. The van der Waals surface area contributed by atoms with E-state index in [9.17, 15) is 4.79 Å². The van der Waals surface area contributed by atoms with Crippen LogP contribution in [0.5, 0.6) is 0 Å². The van der Waals surface area contributed by atoms with Crippen molar-refractivity contribution < 1.29 is 4.79 Å². The molecule has 164 valence electrons. The molecule has 6 nitrogen and oxygen atoms in total. The molecule has 0 bridgehead atoms. The lowest BCUT2D eigenvalue weighted by Gasteiger charge is -2.12. The molecule has 0 saturated carbocycles. The quantitative estimate of drug-likeness (QED) is 0.367. The minimum Gasteiger partial charge on any atom is -0.338 e. The summed E-state index contributed by atoms with van der Waals surface area (Å²) in [5.41, 5.74) is 6.18. The molecular formula is C26H23N5OS. The maximum Gasteiger partial charge on any atom is 0.229 e. The Morgan fingerprint density at radius 2 is 1.88 bits per heavy atom. The number of aromatic amines is 1. The molecule has 1 aliphatic carbocycles. The molecule has 0 unspecified atom stereocenters. The Morgan fingerprint density at radius 1 is 1.06 bits per heavy atom. The van der Waals surface area contributed by atoms with E-state index in [4.69, 9.17) is 4.98 Å². The molecule has 2 N–H and O–H groups in total. The number of thiophene rings is 1. The Bertz CT molecular complexity index is 1410. The van der Waals surface area contributed by atoms with Crippen LogP contribution >= 0.6 is 11.3 Å². The lowest BCUT2D eigenvalue weighted by atomic mass is 9.95. The zero-order valence-corrected chi connectivity index (χ0v) is 18.9. The van der Waals surface area contributed by atoms with E-state index in [2.05, 4.69) is 15.4 Å². The van der Waals surface area contributed by atoms with Crippen LogP contribution in [0, 0.1) is 0 Å². The van der Waals surface area contributed by atoms with Crippen molar-refractivity contribution in [3.63, 3.8) is 0 Å². The first-order chi connectivity index (χ1) is 16.2. The Balaban J connectivity index is 1.29. The molecule has 0 fully saturated rings. The van der Waals surface area contributed by atoms with Crippen LogP contribution in [0.25, 0.3) is 28.1 Å². The first-order valence-electron chi connectivity index (χ1n) is 11.2. The minimum atomic E-state index is -0.0430. The number of aromatic nitrogens is 4. The fraction of sp³-hybridized carbons (Fsp3) is 0.192. The lowest BCUT2D eigenvalue weighted by molar-refractivity contribution is -0.115. The van der Waals surface area contributed by atoms with E-state index in [1.165, 1.54) is 23.3 Å². The number of aryl methyl sites for hydroxylation is 1. The molecule has 0 radical (unpaired) electrons. The second-order valence-corrected chi connectivity index (χ2v) is 9.48. The van der Waals surface area contributed by atoms with E-state index in [1.807, 2.05) is 60.8 Å². The summed E-state index contributed by atoms with van der Waals surface area (Å²) in [5, 5.41) is 8.49. The van der Waals surface area contributed by atoms with Crippen LogP contribution in [0.2, 0.25) is 0 Å². The summed E-state index contributed by atoms with van der Waals surface area (Å²) in [6.07, 6.45) is 8.39. The number of H-pyrrole nitrogens is 1. The predicted molar refractivity (Wildman–Crippen MR) is 132 cm³/mol. The second kappa shape index (κ2) is 8.33. The van der Waals surface area contributed by atoms with Gasteiger partial charge in [-0.25, -0.2) is 9.67 Å². The first-order valence-corrected chi connectivity index (χ1v) is 12.0. The maximum absolute atomic E-state index is 13.0. The van der Waals surface area contributed by atoms with Gasteiger partial charge in [-0.3, -0.25) is 4.79 Å². The van der Waals surface area contributed by atoms with Gasteiger partial charge in [0.25, 0.3) is 0 Å². The van der Waals surface area contributed by atoms with Gasteiger partial charge >= 0.3 is 0 Å². The standard InChI is InChI=1S/C26H23N5OS/c32-23(14-17-15-27-31(16-17)18-8-2-1-3-9-18)30-26-24(19-10-4-7-13-22(19)33-26)25-28-20-11-5-6-12-21(20)29-25/h1-3,5-6,8-9,11-12,15-16H,4,7,10,13-14H2,(H,28,29)(H,30,32). The van der Waals surface area contributed by atoms with Crippen LogP contribution in [-0.2, 0) is 24.1 Å². The molecule has 0 spiro atoms. The van der Waals surface area contributed by atoms with Gasteiger partial charge in [0.15, 0.2) is 0 Å². The number of amides is 1. The zero-order valence-electron chi connectivity index (χ0n) is 18.0. The van der Waals surface area contributed by atoms with Crippen LogP contribution in [0.15, 0.2) is 67.0 Å². The third-order valence-electron chi connectivity index (χ3n) is 6.07. The van der Waals surface area contributed by atoms with E-state index in [1.54, 1.807) is 22.2 Å². The first kappa shape index (κ1) is 19.9. The number of nitrogens with zero attached hydrogens (tertiary/aromatic N) is 3. The maximum atomic E-state index is 13.0. The topological polar surface area (TPSA) is 75.6 Å². The van der Waals surface area contributed by atoms with Crippen LogP contribution in [0.3, 0.4) is 0 Å². The summed E-state index contributed by atoms with van der Waals surface area (Å²) >= 11 is 1.69. The number of para-hydroxylation sites is 3. The summed E-state index contributed by atoms with van der Waals surface area (Å²) in [5.74, 6) is 0.793. The van der Waals surface area contributed by atoms with Crippen molar-refractivity contribution in [1.82, 2.24) is 19.7 Å². The molecule has 0 aliphatic heterocycles. The highest BCUT2D eigenvalue weighted by Gasteiger charge is 2.25. The molecular weight excluding hydrogens is 430 g/mol. The Kier molecular flexibility index (Phi) is 5.03. The number of hydrogen-bond acceptors (Lipinski definition) is 4. The molecule has 33 heavy (non-hydrogen) atoms. The summed E-state index contributed by atoms with van der Waals surface area (Å²) < 4.78 is 1.80. The van der Waals surface area contributed by atoms with E-state index in [-0.39, 0.29) is 12.3 Å². The van der Waals surface area contributed by atoms with E-state index < -0.39 is 0 Å². The highest BCUT2D eigenvalue weighted by atomic mass is 32.1. The molecule has 5 aromatic rings. The van der Waals surface area contributed by atoms with Gasteiger partial charge in [-0.1, -0.05) is 30.3 Å². The largest absolute Gasteiger partial charge is 0.338 e. The van der Waals surface area contributed by atoms with Crippen LogP contribution < -0.4 is 5.32 Å². The van der Waals surface area contributed by atoms with E-state index >= 15 is 0 Å². The third-order valence-corrected chi connectivity index (χ3v) is 7.28. The molecule has 7 heteroatoms. The van der Waals surface area contributed by atoms with Gasteiger partial charge in [0, 0.05) is 11.1 Å². The van der Waals surface area contributed by atoms with Gasteiger partial charge in [-0.15, -0.1) is 11.3 Å². The summed E-state index contributed by atoms with van der Waals surface area (Å²) in [4.78, 5) is 22.7. The second-order valence-electron chi connectivity index (χ2n) is 8.37. The molecule has 3 aromatic heterocycles. The summed E-state index contributed by atoms with van der Waals surface area (Å²) in [6, 6.07) is 18.0. The average Bonchev–Trinajstić information content (AvgIpc) is 3.55. The minimum absolute atomic E-state index is 0.0430. The van der Waals surface area contributed by atoms with Crippen LogP contribution in [0.4, 0.5) is 5.00 Å². The number of rotatable bonds is 5. The van der Waals surface area contributed by atoms with Crippen molar-refractivity contribution in [2.45, 2.75) is 32.1 Å². The van der Waals surface area contributed by atoms with Crippen molar-refractivity contribution >= 4 is 33.3 Å². The molecule has 1 amide bonds. The van der Waals surface area contributed by atoms with Crippen molar-refractivity contribution in [3.8, 4) is 17.1 Å². The highest BCUT2D eigenvalue weighted by molar-refractivity contribution is 7.17. The fourth-order valence-electron chi connectivity index (χ4n) is 4.51. The zero-order chi connectivity index (χ0) is 22.2. The number of carbonyl (C=O) groups is 1. The summed E-state index contributed by atoms with van der Waals surface area (Å²) in [6.45, 7) is 0. The SMILES string of the molecule is O=C(Cc1cnn(-c2ccccc2)c1)Nc1sc2c(c1-c1nc3ccccc3[nH]1)CCCC2. The molecule has 0 atom stereocenters. The predicted octanol–water partition coefficient (Wildman–Crippen LogP) is 5.54. The summed E-state index contributed by atoms with van der Waals surface area (Å²) in [7, 11) is 0. The fourth-order valence-corrected chi connectivity index (χ4v) is 5.81. The van der Waals surface area contributed by atoms with Gasteiger partial charge in [-0.2, -0.15) is 5.10 Å². The number of fused-ring (bicyclic) bond motifs is 2. The molecule has 0 saturated heterocycles. The molecule has 6 rings (SSSR count). The van der Waals surface area contributed by atoms with Gasteiger partial charge in [0.05, 0.1) is 34.9 Å². The smallest absolute Gasteiger partial charge is 0.229 e. The van der Waals surface area contributed by atoms with Crippen molar-refractivity contribution in [2.75, 3.05) is 5.32 Å². The van der Waals surface area contributed by atoms with Gasteiger partial charge < -0.3 is 10.3 Å². The third kappa shape index (κ3) is 3.85. The molecule has 3 heterocycles. The Morgan fingerprint density at radius 3 is 2.76 bits per heavy atom. The lowest BCUT2D eigenvalue weighted by Crippen LogP contribution is -2.14. The number of carbonyl (C=O) groups excluding carboxylic acids is 1.